The van der Waals surface area contributed by atoms with Gasteiger partial charge in [0.05, 0.1) is 6.04 Å². The summed E-state index contributed by atoms with van der Waals surface area (Å²) in [5.74, 6) is 1.38. The van der Waals surface area contributed by atoms with Crippen LogP contribution in [0.4, 0.5) is 4.39 Å². The Morgan fingerprint density at radius 3 is 2.55 bits per heavy atom. The molecule has 3 nitrogen and oxygen atoms in total. The maximum Gasteiger partial charge on any atom is 0.141 e. The molecule has 1 atom stereocenters. The zero-order valence-corrected chi connectivity index (χ0v) is 18.5. The largest absolute Gasteiger partial charge is 0.301 e. The monoisotopic (exact) mass is 420 g/mol. The molecule has 2 heterocycles. The fraction of sp³-hybridized carbons (Fsp3) is 0.519. The van der Waals surface area contributed by atoms with Gasteiger partial charge in [-0.1, -0.05) is 30.3 Å². The Labute approximate surface area is 185 Å². The number of carbonyl (C=O) groups excluding carboxylic acids is 1. The van der Waals surface area contributed by atoms with Crippen molar-refractivity contribution in [2.24, 2.45) is 11.8 Å². The Hall–Kier alpha value is -2.04. The van der Waals surface area contributed by atoms with Gasteiger partial charge < -0.3 is 4.79 Å². The highest BCUT2D eigenvalue weighted by molar-refractivity contribution is 5.66. The maximum absolute atomic E-state index is 14.0. The molecule has 0 aromatic heterocycles. The zero-order chi connectivity index (χ0) is 21.4. The van der Waals surface area contributed by atoms with E-state index in [-0.39, 0.29) is 11.9 Å². The van der Waals surface area contributed by atoms with Crippen LogP contribution in [0.2, 0.25) is 0 Å². The molecular formula is C27H33FN2O. The molecule has 2 aliphatic heterocycles. The Bertz CT molecular complexity index is 946. The number of carbonyl (C=O) groups is 1. The zero-order valence-electron chi connectivity index (χ0n) is 18.5. The lowest BCUT2D eigenvalue weighted by molar-refractivity contribution is -0.112. The number of rotatable bonds is 7. The predicted octanol–water partition coefficient (Wildman–Crippen LogP) is 5.05. The minimum atomic E-state index is -0.0948. The lowest BCUT2D eigenvalue weighted by Gasteiger charge is -2.32. The number of aldehydes is 1. The molecule has 0 radical (unpaired) electrons. The number of nitrogens with zero attached hydrogens (tertiary/aromatic N) is 2. The van der Waals surface area contributed by atoms with Crippen LogP contribution >= 0.6 is 0 Å². The third kappa shape index (κ3) is 4.61. The second kappa shape index (κ2) is 8.84. The van der Waals surface area contributed by atoms with E-state index in [1.54, 1.807) is 12.1 Å². The first-order chi connectivity index (χ1) is 15.1. The highest BCUT2D eigenvalue weighted by Crippen LogP contribution is 2.40. The standard InChI is InChI=1S/C27H33FN2O/c1-19-12-22(14-24-17-30(15-21-6-7-21)26(18-31)27(19)24)13-20-8-10-29(11-9-20)16-23-4-2-3-5-25(23)28/h2-5,12,14,18,20-21,26H,6-11,13,15-17H2,1H3. The van der Waals surface area contributed by atoms with Crippen molar-refractivity contribution in [2.75, 3.05) is 19.6 Å². The third-order valence-corrected chi connectivity index (χ3v) is 7.50. The highest BCUT2D eigenvalue weighted by atomic mass is 19.1. The predicted molar refractivity (Wildman–Crippen MR) is 121 cm³/mol. The molecule has 2 aromatic rings. The summed E-state index contributed by atoms with van der Waals surface area (Å²) in [6, 6.07) is 11.8. The molecule has 1 aliphatic carbocycles. The molecule has 3 aliphatic rings. The summed E-state index contributed by atoms with van der Waals surface area (Å²) >= 11 is 0. The van der Waals surface area contributed by atoms with Crippen LogP contribution in [0.15, 0.2) is 36.4 Å². The Balaban J connectivity index is 1.20. The molecule has 2 aromatic carbocycles. The number of hydrogen-bond donors (Lipinski definition) is 0. The Morgan fingerprint density at radius 1 is 1.06 bits per heavy atom. The van der Waals surface area contributed by atoms with E-state index < -0.39 is 0 Å². The van der Waals surface area contributed by atoms with Crippen LogP contribution in [-0.2, 0) is 24.3 Å². The van der Waals surface area contributed by atoms with Crippen molar-refractivity contribution < 1.29 is 9.18 Å². The molecule has 0 bridgehead atoms. The quantitative estimate of drug-likeness (QED) is 0.586. The van der Waals surface area contributed by atoms with Crippen molar-refractivity contribution in [2.45, 2.75) is 58.2 Å². The molecule has 2 fully saturated rings. The van der Waals surface area contributed by atoms with Crippen molar-refractivity contribution in [3.63, 3.8) is 0 Å². The van der Waals surface area contributed by atoms with Gasteiger partial charge in [0.25, 0.3) is 0 Å². The molecule has 31 heavy (non-hydrogen) atoms. The fourth-order valence-corrected chi connectivity index (χ4v) is 5.64. The number of hydrogen-bond acceptors (Lipinski definition) is 3. The average molecular weight is 421 g/mol. The molecule has 1 saturated heterocycles. The van der Waals surface area contributed by atoms with Crippen molar-refractivity contribution in [3.05, 3.63) is 70.0 Å². The molecule has 0 N–H and O–H groups in total. The molecule has 0 amide bonds. The number of aryl methyl sites for hydroxylation is 1. The SMILES string of the molecule is Cc1cc(CC2CCN(Cc3ccccc3F)CC2)cc2c1C(C=O)N(CC1CC1)C2. The van der Waals surface area contributed by atoms with Gasteiger partial charge in [0, 0.05) is 25.2 Å². The van der Waals surface area contributed by atoms with Gasteiger partial charge in [-0.05, 0) is 92.3 Å². The molecule has 0 spiro atoms. The number of likely N-dealkylation sites (tertiary alicyclic amines) is 1. The van der Waals surface area contributed by atoms with Crippen LogP contribution in [0.5, 0.6) is 0 Å². The topological polar surface area (TPSA) is 23.6 Å². The van der Waals surface area contributed by atoms with E-state index in [9.17, 15) is 9.18 Å². The van der Waals surface area contributed by atoms with Gasteiger partial charge in [0.2, 0.25) is 0 Å². The number of piperidine rings is 1. The minimum absolute atomic E-state index is 0.0497. The molecule has 164 valence electrons. The first kappa shape index (κ1) is 20.8. The molecule has 4 heteroatoms. The van der Waals surface area contributed by atoms with E-state index in [1.807, 2.05) is 12.1 Å². The van der Waals surface area contributed by atoms with Crippen LogP contribution in [-0.4, -0.2) is 35.7 Å². The summed E-state index contributed by atoms with van der Waals surface area (Å²) in [5, 5.41) is 0. The Kier molecular flexibility index (Phi) is 5.94. The number of halogens is 1. The summed E-state index contributed by atoms with van der Waals surface area (Å²) < 4.78 is 14.0. The van der Waals surface area contributed by atoms with Crippen LogP contribution in [0, 0.1) is 24.6 Å². The van der Waals surface area contributed by atoms with E-state index >= 15 is 0 Å². The lowest BCUT2D eigenvalue weighted by Crippen LogP contribution is -2.34. The number of benzene rings is 2. The summed E-state index contributed by atoms with van der Waals surface area (Å²) in [6.07, 6.45) is 7.21. The van der Waals surface area contributed by atoms with Crippen molar-refractivity contribution >= 4 is 6.29 Å². The fourth-order valence-electron chi connectivity index (χ4n) is 5.64. The number of fused-ring (bicyclic) bond motifs is 1. The summed E-state index contributed by atoms with van der Waals surface area (Å²) in [6.45, 7) is 6.94. The van der Waals surface area contributed by atoms with Crippen molar-refractivity contribution in [1.82, 2.24) is 9.80 Å². The first-order valence-electron chi connectivity index (χ1n) is 11.9. The van der Waals surface area contributed by atoms with Crippen LogP contribution in [0.1, 0.15) is 59.5 Å². The normalized spacial score (nSPS) is 22.6. The summed E-state index contributed by atoms with van der Waals surface area (Å²) in [7, 11) is 0. The van der Waals surface area contributed by atoms with E-state index in [2.05, 4.69) is 28.9 Å². The van der Waals surface area contributed by atoms with E-state index in [0.29, 0.717) is 12.5 Å². The van der Waals surface area contributed by atoms with Crippen molar-refractivity contribution in [1.29, 1.82) is 0 Å². The summed E-state index contributed by atoms with van der Waals surface area (Å²) in [4.78, 5) is 16.6. The molecule has 1 unspecified atom stereocenters. The first-order valence-corrected chi connectivity index (χ1v) is 11.9. The lowest BCUT2D eigenvalue weighted by atomic mass is 9.87. The second-order valence-corrected chi connectivity index (χ2v) is 9.95. The second-order valence-electron chi connectivity index (χ2n) is 9.95. The van der Waals surface area contributed by atoms with E-state index in [4.69, 9.17) is 0 Å². The van der Waals surface area contributed by atoms with Gasteiger partial charge in [-0.25, -0.2) is 4.39 Å². The van der Waals surface area contributed by atoms with Crippen LogP contribution < -0.4 is 0 Å². The molecule has 5 rings (SSSR count). The highest BCUT2D eigenvalue weighted by Gasteiger charge is 2.35. The van der Waals surface area contributed by atoms with Gasteiger partial charge in [0.15, 0.2) is 0 Å². The third-order valence-electron chi connectivity index (χ3n) is 7.50. The van der Waals surface area contributed by atoms with Crippen molar-refractivity contribution in [3.8, 4) is 0 Å². The van der Waals surface area contributed by atoms with E-state index in [1.165, 1.54) is 35.1 Å². The minimum Gasteiger partial charge on any atom is -0.301 e. The van der Waals surface area contributed by atoms with Gasteiger partial charge in [-0.15, -0.1) is 0 Å². The van der Waals surface area contributed by atoms with E-state index in [0.717, 1.165) is 63.2 Å². The maximum atomic E-state index is 14.0. The van der Waals surface area contributed by atoms with Crippen LogP contribution in [0.3, 0.4) is 0 Å². The average Bonchev–Trinajstić information content (AvgIpc) is 3.50. The summed E-state index contributed by atoms with van der Waals surface area (Å²) in [5.41, 5.74) is 6.13. The van der Waals surface area contributed by atoms with Gasteiger partial charge in [0.1, 0.15) is 12.1 Å². The van der Waals surface area contributed by atoms with Gasteiger partial charge >= 0.3 is 0 Å². The van der Waals surface area contributed by atoms with Gasteiger partial charge in [-0.3, -0.25) is 9.80 Å². The van der Waals surface area contributed by atoms with Gasteiger partial charge in [-0.2, -0.15) is 0 Å². The Morgan fingerprint density at radius 2 is 1.84 bits per heavy atom. The molecule has 1 saturated carbocycles. The van der Waals surface area contributed by atoms with Crippen LogP contribution in [0.25, 0.3) is 0 Å². The smallest absolute Gasteiger partial charge is 0.141 e. The molecular weight excluding hydrogens is 387 g/mol.